The fourth-order valence-electron chi connectivity index (χ4n) is 2.19. The molecule has 1 heterocycles. The average Bonchev–Trinajstić information content (AvgIpc) is 2.60. The van der Waals surface area contributed by atoms with Crippen LogP contribution in [0.2, 0.25) is 0 Å². The van der Waals surface area contributed by atoms with Crippen LogP contribution in [0.3, 0.4) is 0 Å². The van der Waals surface area contributed by atoms with E-state index in [1.165, 1.54) is 24.3 Å². The highest BCUT2D eigenvalue weighted by Gasteiger charge is 2.18. The summed E-state index contributed by atoms with van der Waals surface area (Å²) in [6.07, 6.45) is 5.16. The third-order valence-electron chi connectivity index (χ3n) is 3.38. The molecule has 0 radical (unpaired) electrons. The first kappa shape index (κ1) is 18.3. The molecule has 1 N–H and O–H groups in total. The van der Waals surface area contributed by atoms with Crippen LogP contribution >= 0.6 is 12.2 Å². The second-order valence-corrected chi connectivity index (χ2v) is 5.68. The van der Waals surface area contributed by atoms with Gasteiger partial charge in [-0.25, -0.2) is 0 Å². The number of thiocarbonyl (C=S) groups is 1. The highest BCUT2D eigenvalue weighted by atomic mass is 32.1. The van der Waals surface area contributed by atoms with Crippen LogP contribution in [0.4, 0.5) is 5.69 Å². The summed E-state index contributed by atoms with van der Waals surface area (Å²) in [6, 6.07) is 9.16. The topological polar surface area (TPSA) is 82.1 Å². The van der Waals surface area contributed by atoms with Gasteiger partial charge in [0, 0.05) is 30.3 Å². The molecule has 1 aromatic carbocycles. The van der Waals surface area contributed by atoms with Crippen LogP contribution in [0.15, 0.2) is 61.4 Å². The van der Waals surface area contributed by atoms with Crippen LogP contribution in [0.5, 0.6) is 0 Å². The summed E-state index contributed by atoms with van der Waals surface area (Å²) in [4.78, 5) is 10.5. The Morgan fingerprint density at radius 2 is 2.04 bits per heavy atom. The minimum absolute atomic E-state index is 0.0753. The average molecular weight is 355 g/mol. The summed E-state index contributed by atoms with van der Waals surface area (Å²) < 4.78 is 1.65. The van der Waals surface area contributed by atoms with Crippen LogP contribution in [0.25, 0.3) is 11.5 Å². The van der Waals surface area contributed by atoms with Crippen molar-refractivity contribution in [2.75, 3.05) is 6.54 Å². The van der Waals surface area contributed by atoms with E-state index in [1.54, 1.807) is 23.0 Å². The molecule has 6 nitrogen and oxygen atoms in total. The van der Waals surface area contributed by atoms with E-state index in [9.17, 15) is 15.2 Å². The number of benzene rings is 1. The van der Waals surface area contributed by atoms with Gasteiger partial charge in [0.2, 0.25) is 5.70 Å². The summed E-state index contributed by atoms with van der Waals surface area (Å²) >= 11 is 5.36. The fraction of sp³-hybridized carbons (Fsp3) is 0.111. The zero-order chi connectivity index (χ0) is 18.4. The molecule has 0 saturated carbocycles. The Labute approximate surface area is 150 Å². The molecular weight excluding hydrogens is 338 g/mol. The molecule has 0 amide bonds. The largest absolute Gasteiger partial charge is 0.867 e. The Morgan fingerprint density at radius 3 is 2.60 bits per heavy atom. The van der Waals surface area contributed by atoms with E-state index in [1.807, 2.05) is 19.1 Å². The number of aromatic nitrogens is 1. The highest BCUT2D eigenvalue weighted by Crippen LogP contribution is 2.18. The van der Waals surface area contributed by atoms with Gasteiger partial charge in [-0.1, -0.05) is 18.3 Å². The van der Waals surface area contributed by atoms with Crippen molar-refractivity contribution in [1.29, 1.82) is 0 Å². The molecule has 0 aliphatic carbocycles. The normalized spacial score (nSPS) is 11.4. The van der Waals surface area contributed by atoms with E-state index in [2.05, 4.69) is 11.9 Å². The molecule has 25 heavy (non-hydrogen) atoms. The van der Waals surface area contributed by atoms with Crippen molar-refractivity contribution in [1.82, 2.24) is 5.32 Å². The SMILES string of the molecule is C=CCNC(=S)/C(=C(\[O-])c1ccc([N+](=O)[O-])cc1)[n+]1cccc(C)c1. The van der Waals surface area contributed by atoms with E-state index in [0.29, 0.717) is 12.1 Å². The molecule has 0 aliphatic rings. The van der Waals surface area contributed by atoms with E-state index in [4.69, 9.17) is 12.2 Å². The number of hydrogen-bond acceptors (Lipinski definition) is 4. The molecule has 0 atom stereocenters. The number of nitro groups is 1. The molecule has 128 valence electrons. The maximum absolute atomic E-state index is 13.0. The molecule has 0 fully saturated rings. The van der Waals surface area contributed by atoms with Crippen molar-refractivity contribution in [2.45, 2.75) is 6.92 Å². The minimum Gasteiger partial charge on any atom is -0.867 e. The Balaban J connectivity index is 2.55. The minimum atomic E-state index is -0.509. The van der Waals surface area contributed by atoms with E-state index in [-0.39, 0.29) is 22.1 Å². The monoisotopic (exact) mass is 355 g/mol. The maximum atomic E-state index is 13.0. The number of rotatable bonds is 6. The maximum Gasteiger partial charge on any atom is 0.269 e. The summed E-state index contributed by atoms with van der Waals surface area (Å²) in [7, 11) is 0. The zero-order valence-electron chi connectivity index (χ0n) is 13.6. The first-order valence-corrected chi connectivity index (χ1v) is 7.88. The van der Waals surface area contributed by atoms with Gasteiger partial charge in [-0.15, -0.1) is 6.58 Å². The quantitative estimate of drug-likeness (QED) is 0.163. The number of pyridine rings is 1. The first-order valence-electron chi connectivity index (χ1n) is 7.47. The smallest absolute Gasteiger partial charge is 0.269 e. The standard InChI is InChI=1S/C18H17N3O3S/c1-3-10-19-18(25)16(20-11-4-5-13(2)12-20)17(22)14-6-8-15(9-7-14)21(23)24/h3-9,11-12H,1,10H2,2H3,(H-,19,22,25). The molecule has 7 heteroatoms. The fourth-order valence-corrected chi connectivity index (χ4v) is 2.47. The molecule has 0 saturated heterocycles. The number of non-ortho nitro benzene ring substituents is 1. The van der Waals surface area contributed by atoms with Gasteiger partial charge in [-0.3, -0.25) is 10.1 Å². The molecule has 1 aromatic heterocycles. The molecule has 0 spiro atoms. The number of hydrogen-bond donors (Lipinski definition) is 1. The number of aryl methyl sites for hydroxylation is 1. The van der Waals surface area contributed by atoms with Crippen LogP contribution in [0.1, 0.15) is 11.1 Å². The lowest BCUT2D eigenvalue weighted by Crippen LogP contribution is -2.42. The third-order valence-corrected chi connectivity index (χ3v) is 3.72. The van der Waals surface area contributed by atoms with Crippen molar-refractivity contribution >= 4 is 34.3 Å². The summed E-state index contributed by atoms with van der Waals surface area (Å²) in [5.74, 6) is -0.327. The lowest BCUT2D eigenvalue weighted by Gasteiger charge is -2.16. The molecule has 2 rings (SSSR count). The van der Waals surface area contributed by atoms with Crippen molar-refractivity contribution < 1.29 is 14.6 Å². The summed E-state index contributed by atoms with van der Waals surface area (Å²) in [5.41, 5.74) is 1.48. The predicted molar refractivity (Wildman–Crippen MR) is 98.4 cm³/mol. The number of nitrogens with one attached hydrogen (secondary N) is 1. The Morgan fingerprint density at radius 1 is 1.36 bits per heavy atom. The van der Waals surface area contributed by atoms with Crippen molar-refractivity contribution in [2.24, 2.45) is 0 Å². The highest BCUT2D eigenvalue weighted by molar-refractivity contribution is 7.81. The summed E-state index contributed by atoms with van der Waals surface area (Å²) in [6.45, 7) is 5.95. The van der Waals surface area contributed by atoms with Gasteiger partial charge < -0.3 is 10.4 Å². The Hall–Kier alpha value is -3.06. The van der Waals surface area contributed by atoms with Crippen molar-refractivity contribution in [3.05, 3.63) is 82.7 Å². The molecule has 0 bridgehead atoms. The molecule has 0 unspecified atom stereocenters. The van der Waals surface area contributed by atoms with Crippen molar-refractivity contribution in [3.8, 4) is 0 Å². The van der Waals surface area contributed by atoms with Gasteiger partial charge in [0.25, 0.3) is 5.69 Å². The van der Waals surface area contributed by atoms with Crippen LogP contribution in [-0.2, 0) is 0 Å². The lowest BCUT2D eigenvalue weighted by molar-refractivity contribution is -0.578. The first-order chi connectivity index (χ1) is 11.9. The van der Waals surface area contributed by atoms with E-state index >= 15 is 0 Å². The van der Waals surface area contributed by atoms with Gasteiger partial charge in [0.15, 0.2) is 17.4 Å². The number of nitrogens with zero attached hydrogens (tertiary/aromatic N) is 2. The van der Waals surface area contributed by atoms with Crippen LogP contribution in [-0.4, -0.2) is 16.5 Å². The third kappa shape index (κ3) is 4.48. The van der Waals surface area contributed by atoms with Gasteiger partial charge in [-0.05, 0) is 36.4 Å². The zero-order valence-corrected chi connectivity index (χ0v) is 14.5. The van der Waals surface area contributed by atoms with Crippen LogP contribution in [0, 0.1) is 17.0 Å². The second kappa shape index (κ2) is 8.16. The van der Waals surface area contributed by atoms with E-state index in [0.717, 1.165) is 5.56 Å². The molecule has 2 aromatic rings. The Bertz CT molecular complexity index is 845. The van der Waals surface area contributed by atoms with Gasteiger partial charge in [-0.2, -0.15) is 4.57 Å². The van der Waals surface area contributed by atoms with Crippen LogP contribution < -0.4 is 15.0 Å². The summed E-state index contributed by atoms with van der Waals surface area (Å²) in [5, 5.41) is 26.7. The number of nitro benzene ring substituents is 1. The van der Waals surface area contributed by atoms with Gasteiger partial charge >= 0.3 is 0 Å². The Kier molecular flexibility index (Phi) is 5.97. The lowest BCUT2D eigenvalue weighted by atomic mass is 10.1. The van der Waals surface area contributed by atoms with Gasteiger partial charge in [0.05, 0.1) is 4.92 Å². The molecular formula is C18H17N3O3S. The predicted octanol–water partition coefficient (Wildman–Crippen LogP) is 1.98. The van der Waals surface area contributed by atoms with Gasteiger partial charge in [0.1, 0.15) is 0 Å². The molecule has 0 aliphatic heterocycles. The van der Waals surface area contributed by atoms with E-state index < -0.39 is 4.92 Å². The second-order valence-electron chi connectivity index (χ2n) is 5.27. The van der Waals surface area contributed by atoms with Crippen molar-refractivity contribution in [3.63, 3.8) is 0 Å².